The molecule has 5 heteroatoms. The maximum atomic E-state index is 14.1. The molecule has 0 radical (unpaired) electrons. The first-order valence-electron chi connectivity index (χ1n) is 8.62. The molecule has 0 unspecified atom stereocenters. The highest BCUT2D eigenvalue weighted by Crippen LogP contribution is 2.27. The van der Waals surface area contributed by atoms with Crippen molar-refractivity contribution < 1.29 is 13.7 Å². The molecule has 0 aliphatic rings. The zero-order valence-electron chi connectivity index (χ0n) is 14.8. The largest absolute Gasteiger partial charge is 0.360 e. The lowest BCUT2D eigenvalue weighted by Crippen LogP contribution is -2.33. The summed E-state index contributed by atoms with van der Waals surface area (Å²) in [5.74, 6) is -0.370. The van der Waals surface area contributed by atoms with Crippen LogP contribution in [0.3, 0.4) is 0 Å². The van der Waals surface area contributed by atoms with E-state index >= 15 is 0 Å². The Morgan fingerprint density at radius 2 is 1.85 bits per heavy atom. The second kappa shape index (κ2) is 7.95. The number of halogens is 1. The summed E-state index contributed by atoms with van der Waals surface area (Å²) in [6.07, 6.45) is 1.67. The first-order valence-corrected chi connectivity index (χ1v) is 8.62. The van der Waals surface area contributed by atoms with Gasteiger partial charge in [-0.25, -0.2) is 4.39 Å². The van der Waals surface area contributed by atoms with Crippen molar-refractivity contribution in [1.29, 1.82) is 0 Å². The van der Waals surface area contributed by atoms with E-state index in [1.54, 1.807) is 25.1 Å². The lowest BCUT2D eigenvalue weighted by Gasteiger charge is -2.14. The van der Waals surface area contributed by atoms with Crippen LogP contribution in [-0.4, -0.2) is 17.1 Å². The maximum Gasteiger partial charge on any atom is 0.257 e. The Morgan fingerprint density at radius 1 is 1.15 bits per heavy atom. The lowest BCUT2D eigenvalue weighted by atomic mass is 10.0. The van der Waals surface area contributed by atoms with Crippen molar-refractivity contribution in [2.24, 2.45) is 0 Å². The van der Waals surface area contributed by atoms with Gasteiger partial charge in [-0.1, -0.05) is 47.6 Å². The molecule has 1 amide bonds. The van der Waals surface area contributed by atoms with Gasteiger partial charge in [-0.05, 0) is 44.4 Å². The number of carbonyl (C=O) groups is 1. The Morgan fingerprint density at radius 3 is 2.58 bits per heavy atom. The van der Waals surface area contributed by atoms with E-state index in [4.69, 9.17) is 4.52 Å². The van der Waals surface area contributed by atoms with Crippen molar-refractivity contribution in [2.75, 3.05) is 0 Å². The van der Waals surface area contributed by atoms with Crippen molar-refractivity contribution in [1.82, 2.24) is 10.5 Å². The van der Waals surface area contributed by atoms with Gasteiger partial charge in [0.05, 0.1) is 0 Å². The van der Waals surface area contributed by atoms with Crippen LogP contribution in [0.25, 0.3) is 11.3 Å². The molecule has 1 heterocycles. The van der Waals surface area contributed by atoms with E-state index in [-0.39, 0.29) is 28.8 Å². The monoisotopic (exact) mass is 352 g/mol. The maximum absolute atomic E-state index is 14.1. The van der Waals surface area contributed by atoms with Gasteiger partial charge in [0.25, 0.3) is 5.91 Å². The fourth-order valence-electron chi connectivity index (χ4n) is 2.87. The molecule has 0 saturated carbocycles. The third kappa shape index (κ3) is 3.99. The molecule has 4 nitrogen and oxygen atoms in total. The number of hydrogen-bond donors (Lipinski definition) is 1. The number of amides is 1. The smallest absolute Gasteiger partial charge is 0.257 e. The Hall–Kier alpha value is -2.95. The summed E-state index contributed by atoms with van der Waals surface area (Å²) in [6.45, 7) is 3.60. The van der Waals surface area contributed by atoms with Crippen molar-refractivity contribution >= 4 is 5.91 Å². The fourth-order valence-corrected chi connectivity index (χ4v) is 2.87. The topological polar surface area (TPSA) is 55.1 Å². The van der Waals surface area contributed by atoms with Crippen molar-refractivity contribution in [3.63, 3.8) is 0 Å². The molecule has 0 bridgehead atoms. The predicted octanol–water partition coefficient (Wildman–Crippen LogP) is 4.54. The number of aryl methyl sites for hydroxylation is 2. The fraction of sp³-hybridized carbons (Fsp3) is 0.238. The van der Waals surface area contributed by atoms with Crippen LogP contribution in [0, 0.1) is 12.7 Å². The Balaban J connectivity index is 1.72. The van der Waals surface area contributed by atoms with Gasteiger partial charge < -0.3 is 9.84 Å². The normalized spacial score (nSPS) is 12.0. The van der Waals surface area contributed by atoms with E-state index in [1.165, 1.54) is 11.6 Å². The summed E-state index contributed by atoms with van der Waals surface area (Å²) in [5, 5.41) is 6.85. The molecular weight excluding hydrogens is 331 g/mol. The molecule has 0 aliphatic heterocycles. The zero-order valence-corrected chi connectivity index (χ0v) is 14.8. The summed E-state index contributed by atoms with van der Waals surface area (Å²) >= 11 is 0. The number of rotatable bonds is 6. The van der Waals surface area contributed by atoms with E-state index < -0.39 is 5.82 Å². The lowest BCUT2D eigenvalue weighted by molar-refractivity contribution is 0.0937. The highest BCUT2D eigenvalue weighted by molar-refractivity contribution is 6.00. The molecule has 1 N–H and O–H groups in total. The van der Waals surface area contributed by atoms with Crippen LogP contribution in [0.5, 0.6) is 0 Å². The van der Waals surface area contributed by atoms with Gasteiger partial charge in [-0.2, -0.15) is 0 Å². The van der Waals surface area contributed by atoms with Gasteiger partial charge in [0.15, 0.2) is 0 Å². The summed E-state index contributed by atoms with van der Waals surface area (Å²) in [5.41, 5.74) is 1.99. The van der Waals surface area contributed by atoms with Crippen LogP contribution in [0.15, 0.2) is 59.1 Å². The van der Waals surface area contributed by atoms with E-state index in [0.29, 0.717) is 5.76 Å². The third-order valence-corrected chi connectivity index (χ3v) is 4.31. The molecule has 3 rings (SSSR count). The molecular formula is C21H21FN2O2. The van der Waals surface area contributed by atoms with E-state index in [1.807, 2.05) is 25.1 Å². The molecule has 3 aromatic rings. The molecule has 1 aromatic heterocycles. The van der Waals surface area contributed by atoms with Gasteiger partial charge in [0, 0.05) is 11.6 Å². The van der Waals surface area contributed by atoms with Crippen LogP contribution < -0.4 is 5.32 Å². The summed E-state index contributed by atoms with van der Waals surface area (Å²) in [4.78, 5) is 12.7. The number of aromatic nitrogens is 1. The molecule has 1 atom stereocenters. The van der Waals surface area contributed by atoms with Gasteiger partial charge in [0.1, 0.15) is 22.8 Å². The summed E-state index contributed by atoms with van der Waals surface area (Å²) in [6, 6.07) is 16.3. The number of nitrogens with one attached hydrogen (secondary N) is 1. The first kappa shape index (κ1) is 17.9. The molecule has 0 saturated heterocycles. The second-order valence-electron chi connectivity index (χ2n) is 6.34. The average molecular weight is 352 g/mol. The highest BCUT2D eigenvalue weighted by Gasteiger charge is 2.24. The molecule has 26 heavy (non-hydrogen) atoms. The van der Waals surface area contributed by atoms with E-state index in [9.17, 15) is 9.18 Å². The number of nitrogens with zero attached hydrogens (tertiary/aromatic N) is 1. The average Bonchev–Trinajstić information content (AvgIpc) is 3.02. The van der Waals surface area contributed by atoms with Gasteiger partial charge >= 0.3 is 0 Å². The molecule has 134 valence electrons. The molecule has 0 fully saturated rings. The van der Waals surface area contributed by atoms with Crippen molar-refractivity contribution in [3.8, 4) is 11.3 Å². The Bertz CT molecular complexity index is 890. The second-order valence-corrected chi connectivity index (χ2v) is 6.34. The minimum atomic E-state index is -0.438. The molecule has 0 aliphatic carbocycles. The minimum Gasteiger partial charge on any atom is -0.360 e. The van der Waals surface area contributed by atoms with Crippen molar-refractivity contribution in [3.05, 3.63) is 77.3 Å². The Kier molecular flexibility index (Phi) is 5.46. The summed E-state index contributed by atoms with van der Waals surface area (Å²) in [7, 11) is 0. The van der Waals surface area contributed by atoms with Gasteiger partial charge in [-0.3, -0.25) is 4.79 Å². The molecule has 2 aromatic carbocycles. The number of benzene rings is 2. The predicted molar refractivity (Wildman–Crippen MR) is 98.3 cm³/mol. The van der Waals surface area contributed by atoms with Crippen LogP contribution in [0.4, 0.5) is 4.39 Å². The zero-order chi connectivity index (χ0) is 18.5. The standard InChI is InChI=1S/C21H21FN2O2/c1-14(12-13-16-8-4-3-5-9-16)23-21(25)19-15(2)26-24-20(19)17-10-6-7-11-18(17)22/h3-11,14H,12-13H2,1-2H3,(H,23,25)/t14-/m0/s1. The first-order chi connectivity index (χ1) is 12.6. The van der Waals surface area contributed by atoms with Crippen LogP contribution >= 0.6 is 0 Å². The van der Waals surface area contributed by atoms with Crippen LogP contribution in [-0.2, 0) is 6.42 Å². The number of hydrogen-bond acceptors (Lipinski definition) is 3. The van der Waals surface area contributed by atoms with Crippen LogP contribution in [0.1, 0.15) is 35.0 Å². The van der Waals surface area contributed by atoms with Gasteiger partial charge in [-0.15, -0.1) is 0 Å². The van der Waals surface area contributed by atoms with Crippen molar-refractivity contribution in [2.45, 2.75) is 32.7 Å². The van der Waals surface area contributed by atoms with Crippen LogP contribution in [0.2, 0.25) is 0 Å². The third-order valence-electron chi connectivity index (χ3n) is 4.31. The number of carbonyl (C=O) groups excluding carboxylic acids is 1. The minimum absolute atomic E-state index is 0.0366. The summed E-state index contributed by atoms with van der Waals surface area (Å²) < 4.78 is 19.2. The highest BCUT2D eigenvalue weighted by atomic mass is 19.1. The quantitative estimate of drug-likeness (QED) is 0.708. The Labute approximate surface area is 152 Å². The SMILES string of the molecule is Cc1onc(-c2ccccc2F)c1C(=O)N[C@@H](C)CCc1ccccc1. The van der Waals surface area contributed by atoms with E-state index in [0.717, 1.165) is 12.8 Å². The molecule has 0 spiro atoms. The van der Waals surface area contributed by atoms with E-state index in [2.05, 4.69) is 22.6 Å². The van der Waals surface area contributed by atoms with Gasteiger partial charge in [0.2, 0.25) is 0 Å².